The van der Waals surface area contributed by atoms with Gasteiger partial charge >= 0.3 is 0 Å². The first-order valence-electron chi connectivity index (χ1n) is 9.41. The van der Waals surface area contributed by atoms with Crippen molar-refractivity contribution in [2.24, 2.45) is 4.99 Å². The summed E-state index contributed by atoms with van der Waals surface area (Å²) in [5, 5.41) is 41.7. The summed E-state index contributed by atoms with van der Waals surface area (Å²) in [7, 11) is 0. The molecule has 2 aromatic rings. The normalized spacial score (nSPS) is 17.8. The number of ether oxygens (including phenoxy) is 1. The van der Waals surface area contributed by atoms with E-state index in [1.165, 1.54) is 18.2 Å². The molecule has 2 atom stereocenters. The van der Waals surface area contributed by atoms with E-state index in [0.717, 1.165) is 0 Å². The molecule has 0 bridgehead atoms. The predicted molar refractivity (Wildman–Crippen MR) is 110 cm³/mol. The minimum Gasteiger partial charge on any atom is -0.504 e. The van der Waals surface area contributed by atoms with E-state index in [2.05, 4.69) is 21.2 Å². The Bertz CT molecular complexity index is 949. The summed E-state index contributed by atoms with van der Waals surface area (Å²) in [6.45, 7) is 2.64. The molecule has 0 saturated carbocycles. The predicted octanol–water partition coefficient (Wildman–Crippen LogP) is 1.17. The minimum atomic E-state index is -0.809. The second kappa shape index (κ2) is 9.23. The van der Waals surface area contributed by atoms with Crippen molar-refractivity contribution in [3.63, 3.8) is 0 Å². The highest BCUT2D eigenvalue weighted by molar-refractivity contribution is 6.01. The first kappa shape index (κ1) is 21.1. The van der Waals surface area contributed by atoms with Crippen LogP contribution in [-0.2, 0) is 9.53 Å². The van der Waals surface area contributed by atoms with Crippen LogP contribution < -0.4 is 16.2 Å². The third-order valence-corrected chi connectivity index (χ3v) is 4.53. The second-order valence-electron chi connectivity index (χ2n) is 6.75. The number of para-hydroxylation sites is 2. The molecule has 30 heavy (non-hydrogen) atoms. The van der Waals surface area contributed by atoms with Gasteiger partial charge in [0.25, 0.3) is 5.91 Å². The largest absolute Gasteiger partial charge is 0.504 e. The molecule has 3 rings (SSSR count). The number of phenols is 4. The van der Waals surface area contributed by atoms with E-state index < -0.39 is 18.1 Å². The number of hydrazine groups is 1. The number of benzene rings is 2. The first-order chi connectivity index (χ1) is 14.4. The molecule has 160 valence electrons. The van der Waals surface area contributed by atoms with Gasteiger partial charge in [0.2, 0.25) is 5.90 Å². The molecule has 0 aromatic heterocycles. The fourth-order valence-corrected chi connectivity index (χ4v) is 2.91. The number of carbonyl (C=O) groups excluding carboxylic acids is 1. The third-order valence-electron chi connectivity index (χ3n) is 4.53. The van der Waals surface area contributed by atoms with Crippen LogP contribution in [0.15, 0.2) is 41.4 Å². The Morgan fingerprint density at radius 1 is 1.03 bits per heavy atom. The van der Waals surface area contributed by atoms with Crippen molar-refractivity contribution in [1.82, 2.24) is 10.9 Å². The molecular weight excluding hydrogens is 392 g/mol. The van der Waals surface area contributed by atoms with Crippen molar-refractivity contribution in [2.45, 2.75) is 25.5 Å². The summed E-state index contributed by atoms with van der Waals surface area (Å²) < 4.78 is 5.57. The third kappa shape index (κ3) is 4.66. The highest BCUT2D eigenvalue weighted by Crippen LogP contribution is 2.32. The van der Waals surface area contributed by atoms with Gasteiger partial charge in [-0.2, -0.15) is 0 Å². The fourth-order valence-electron chi connectivity index (χ4n) is 2.91. The van der Waals surface area contributed by atoms with Gasteiger partial charge in [0.15, 0.2) is 29.0 Å². The van der Waals surface area contributed by atoms with Crippen molar-refractivity contribution >= 4 is 17.5 Å². The molecule has 2 unspecified atom stereocenters. The number of anilines is 1. The van der Waals surface area contributed by atoms with Crippen molar-refractivity contribution < 1.29 is 30.0 Å². The highest BCUT2D eigenvalue weighted by Gasteiger charge is 2.34. The van der Waals surface area contributed by atoms with E-state index in [4.69, 9.17) is 4.74 Å². The van der Waals surface area contributed by atoms with E-state index in [9.17, 15) is 25.2 Å². The molecule has 0 saturated heterocycles. The van der Waals surface area contributed by atoms with Crippen molar-refractivity contribution in [2.75, 3.05) is 18.4 Å². The number of nitrogens with zero attached hydrogens (tertiary/aromatic N) is 1. The Morgan fingerprint density at radius 2 is 1.73 bits per heavy atom. The highest BCUT2D eigenvalue weighted by atomic mass is 16.5. The van der Waals surface area contributed by atoms with Gasteiger partial charge in [0.1, 0.15) is 6.10 Å². The van der Waals surface area contributed by atoms with Crippen LogP contribution in [0, 0.1) is 0 Å². The smallest absolute Gasteiger partial charge is 0.262 e. The molecule has 10 nitrogen and oxygen atoms in total. The summed E-state index contributed by atoms with van der Waals surface area (Å²) >= 11 is 0. The number of rotatable bonds is 8. The van der Waals surface area contributed by atoms with Crippen LogP contribution >= 0.6 is 0 Å². The summed E-state index contributed by atoms with van der Waals surface area (Å²) in [6.07, 6.45) is 0.0802. The lowest BCUT2D eigenvalue weighted by Crippen LogP contribution is -2.46. The number of aromatic hydroxyl groups is 4. The van der Waals surface area contributed by atoms with E-state index in [1.807, 2.05) is 0 Å². The van der Waals surface area contributed by atoms with Gasteiger partial charge in [-0.25, -0.2) is 10.4 Å². The van der Waals surface area contributed by atoms with Gasteiger partial charge < -0.3 is 30.5 Å². The minimum absolute atomic E-state index is 0.0890. The molecule has 1 heterocycles. The topological polar surface area (TPSA) is 156 Å². The lowest BCUT2D eigenvalue weighted by Gasteiger charge is -2.14. The molecule has 0 fully saturated rings. The zero-order valence-electron chi connectivity index (χ0n) is 16.3. The summed E-state index contributed by atoms with van der Waals surface area (Å²) in [5.74, 6) is -1.36. The number of amides is 1. The molecule has 1 amide bonds. The molecule has 7 N–H and O–H groups in total. The Labute approximate surface area is 172 Å². The van der Waals surface area contributed by atoms with Gasteiger partial charge in [-0.15, -0.1) is 0 Å². The Hall–Kier alpha value is -3.66. The van der Waals surface area contributed by atoms with Crippen molar-refractivity contribution in [3.05, 3.63) is 42.0 Å². The molecule has 2 aromatic carbocycles. The maximum absolute atomic E-state index is 12.4. The zero-order chi connectivity index (χ0) is 21.7. The molecular formula is C20H24N4O6. The zero-order valence-corrected chi connectivity index (χ0v) is 16.3. The second-order valence-corrected chi connectivity index (χ2v) is 6.75. The maximum Gasteiger partial charge on any atom is 0.262 e. The monoisotopic (exact) mass is 416 g/mol. The number of carbonyl (C=O) groups is 1. The Balaban J connectivity index is 1.45. The average molecular weight is 416 g/mol. The average Bonchev–Trinajstić information content (AvgIpc) is 3.11. The molecule has 10 heteroatoms. The first-order valence-corrected chi connectivity index (χ1v) is 9.41. The maximum atomic E-state index is 12.4. The van der Waals surface area contributed by atoms with Crippen LogP contribution in [0.5, 0.6) is 23.0 Å². The van der Waals surface area contributed by atoms with Gasteiger partial charge in [-0.05, 0) is 37.6 Å². The SMILES string of the molecule is CC1OC(c2cccc(O)c2O)=NC1C(=O)NNCCCNc1cccc(O)c1O. The summed E-state index contributed by atoms with van der Waals surface area (Å²) in [6, 6.07) is 8.26. The molecule has 0 radical (unpaired) electrons. The van der Waals surface area contributed by atoms with Crippen LogP contribution in [-0.4, -0.2) is 57.5 Å². The van der Waals surface area contributed by atoms with Crippen LogP contribution in [0.1, 0.15) is 18.9 Å². The molecule has 1 aliphatic heterocycles. The van der Waals surface area contributed by atoms with Gasteiger partial charge in [0, 0.05) is 13.1 Å². The molecule has 0 spiro atoms. The number of hydrogen-bond donors (Lipinski definition) is 7. The summed E-state index contributed by atoms with van der Waals surface area (Å²) in [5.41, 5.74) is 6.01. The van der Waals surface area contributed by atoms with E-state index >= 15 is 0 Å². The Morgan fingerprint density at radius 3 is 2.50 bits per heavy atom. The van der Waals surface area contributed by atoms with E-state index in [-0.39, 0.29) is 34.5 Å². The molecule has 1 aliphatic rings. The van der Waals surface area contributed by atoms with E-state index in [0.29, 0.717) is 25.2 Å². The standard InChI is InChI=1S/C20H24N4O6/c1-11-16(23-20(30-11)12-5-2-7-14(25)17(12)27)19(29)24-22-10-4-9-21-13-6-3-8-15(26)18(13)28/h2-3,5-8,11,16,21-22,25-28H,4,9-10H2,1H3,(H,24,29). The number of hydrogen-bond acceptors (Lipinski definition) is 9. The number of nitrogens with one attached hydrogen (secondary N) is 3. The van der Waals surface area contributed by atoms with Crippen molar-refractivity contribution in [1.29, 1.82) is 0 Å². The number of phenolic OH excluding ortho intramolecular Hbond substituents is 4. The van der Waals surface area contributed by atoms with Gasteiger partial charge in [-0.1, -0.05) is 12.1 Å². The number of aliphatic imine (C=N–C) groups is 1. The fraction of sp³-hybridized carbons (Fsp3) is 0.300. The molecule has 0 aliphatic carbocycles. The summed E-state index contributed by atoms with van der Waals surface area (Å²) in [4.78, 5) is 16.6. The quantitative estimate of drug-likeness (QED) is 0.192. The van der Waals surface area contributed by atoms with Gasteiger partial charge in [-0.3, -0.25) is 10.2 Å². The van der Waals surface area contributed by atoms with Crippen LogP contribution in [0.25, 0.3) is 0 Å². The van der Waals surface area contributed by atoms with E-state index in [1.54, 1.807) is 25.1 Å². The Kier molecular flexibility index (Phi) is 6.48. The van der Waals surface area contributed by atoms with Crippen LogP contribution in [0.4, 0.5) is 5.69 Å². The van der Waals surface area contributed by atoms with Crippen LogP contribution in [0.3, 0.4) is 0 Å². The lowest BCUT2D eigenvalue weighted by molar-refractivity contribution is -0.124. The van der Waals surface area contributed by atoms with Gasteiger partial charge in [0.05, 0.1) is 11.3 Å². The van der Waals surface area contributed by atoms with Crippen LogP contribution in [0.2, 0.25) is 0 Å². The lowest BCUT2D eigenvalue weighted by atomic mass is 10.2. The van der Waals surface area contributed by atoms with Crippen molar-refractivity contribution in [3.8, 4) is 23.0 Å².